The molecule has 5 aromatic rings. The average molecular weight is 415 g/mol. The molecule has 0 saturated carbocycles. The molecule has 5 rings (SSSR count). The summed E-state index contributed by atoms with van der Waals surface area (Å²) in [6.45, 7) is 4.15. The van der Waals surface area contributed by atoms with Crippen LogP contribution in [0.5, 0.6) is 0 Å². The lowest BCUT2D eigenvalue weighted by Crippen LogP contribution is -2.02. The molecule has 0 atom stereocenters. The lowest BCUT2D eigenvalue weighted by atomic mass is 9.88. The number of halogens is 1. The van der Waals surface area contributed by atoms with Gasteiger partial charge in [-0.1, -0.05) is 26.0 Å². The third-order valence-electron chi connectivity index (χ3n) is 5.79. The number of rotatable bonds is 5. The molecule has 4 N–H and O–H groups in total. The topological polar surface area (TPSA) is 84.7 Å². The molecule has 0 aliphatic rings. The van der Waals surface area contributed by atoms with Crippen molar-refractivity contribution >= 4 is 27.8 Å². The van der Waals surface area contributed by atoms with Gasteiger partial charge in [0.15, 0.2) is 0 Å². The number of carbonyl (C=O) groups is 1. The van der Waals surface area contributed by atoms with Crippen molar-refractivity contribution in [1.29, 1.82) is 0 Å². The number of carboxylic acids is 1. The molecule has 3 aromatic heterocycles. The van der Waals surface area contributed by atoms with Gasteiger partial charge >= 0.3 is 5.97 Å². The Kier molecular flexibility index (Phi) is 4.43. The highest BCUT2D eigenvalue weighted by Crippen LogP contribution is 2.44. The maximum Gasteiger partial charge on any atom is 0.309 e. The van der Waals surface area contributed by atoms with Gasteiger partial charge in [0.1, 0.15) is 5.82 Å². The molecule has 31 heavy (non-hydrogen) atoms. The monoisotopic (exact) mass is 415 g/mol. The van der Waals surface area contributed by atoms with Crippen molar-refractivity contribution < 1.29 is 14.3 Å². The Morgan fingerprint density at radius 3 is 2.42 bits per heavy atom. The first-order chi connectivity index (χ1) is 14.9. The van der Waals surface area contributed by atoms with E-state index in [9.17, 15) is 14.3 Å². The second-order valence-electron chi connectivity index (χ2n) is 8.13. The van der Waals surface area contributed by atoms with Gasteiger partial charge in [-0.15, -0.1) is 0 Å². The minimum absolute atomic E-state index is 0.0789. The predicted molar refractivity (Wildman–Crippen MR) is 121 cm³/mol. The van der Waals surface area contributed by atoms with E-state index < -0.39 is 5.97 Å². The van der Waals surface area contributed by atoms with E-state index in [0.29, 0.717) is 11.2 Å². The summed E-state index contributed by atoms with van der Waals surface area (Å²) in [7, 11) is 0. The molecule has 156 valence electrons. The van der Waals surface area contributed by atoms with Crippen molar-refractivity contribution in [3.63, 3.8) is 0 Å². The molecule has 0 bridgehead atoms. The SMILES string of the molecule is CC(C)c1c(-c2cc(F)cc3[nH]ccc23)[nH]c(CC(=O)O)c1-c1cccc2[nH]ccc12. The van der Waals surface area contributed by atoms with Crippen LogP contribution in [-0.4, -0.2) is 26.0 Å². The largest absolute Gasteiger partial charge is 0.481 e. The van der Waals surface area contributed by atoms with Gasteiger partial charge in [-0.3, -0.25) is 4.79 Å². The summed E-state index contributed by atoms with van der Waals surface area (Å²) >= 11 is 0. The zero-order valence-electron chi connectivity index (χ0n) is 17.2. The van der Waals surface area contributed by atoms with Crippen molar-refractivity contribution in [3.05, 3.63) is 71.9 Å². The molecule has 0 amide bonds. The summed E-state index contributed by atoms with van der Waals surface area (Å²) in [5.41, 5.74) is 6.61. The van der Waals surface area contributed by atoms with Gasteiger partial charge in [0.2, 0.25) is 0 Å². The molecule has 2 aromatic carbocycles. The van der Waals surface area contributed by atoms with Gasteiger partial charge < -0.3 is 20.1 Å². The van der Waals surface area contributed by atoms with E-state index in [4.69, 9.17) is 0 Å². The lowest BCUT2D eigenvalue weighted by Gasteiger charge is -2.14. The van der Waals surface area contributed by atoms with Crippen LogP contribution in [0, 0.1) is 5.82 Å². The zero-order chi connectivity index (χ0) is 21.7. The first kappa shape index (κ1) is 19.2. The van der Waals surface area contributed by atoms with Crippen LogP contribution in [0.4, 0.5) is 4.39 Å². The fourth-order valence-electron chi connectivity index (χ4n) is 4.59. The second kappa shape index (κ2) is 7.16. The molecule has 0 unspecified atom stereocenters. The molecule has 0 aliphatic heterocycles. The van der Waals surface area contributed by atoms with Crippen LogP contribution < -0.4 is 0 Å². The highest BCUT2D eigenvalue weighted by atomic mass is 19.1. The van der Waals surface area contributed by atoms with Gasteiger partial charge in [-0.05, 0) is 47.4 Å². The molecule has 5 nitrogen and oxygen atoms in total. The van der Waals surface area contributed by atoms with E-state index in [1.54, 1.807) is 6.20 Å². The number of aromatic nitrogens is 3. The van der Waals surface area contributed by atoms with E-state index >= 15 is 0 Å². The molecule has 3 heterocycles. The van der Waals surface area contributed by atoms with Gasteiger partial charge in [-0.2, -0.15) is 0 Å². The van der Waals surface area contributed by atoms with Gasteiger partial charge in [0, 0.05) is 51.0 Å². The van der Waals surface area contributed by atoms with Crippen LogP contribution in [0.3, 0.4) is 0 Å². The summed E-state index contributed by atoms with van der Waals surface area (Å²) in [6.07, 6.45) is 3.51. The van der Waals surface area contributed by atoms with Crippen LogP contribution in [0.1, 0.15) is 31.0 Å². The number of benzene rings is 2. The van der Waals surface area contributed by atoms with Crippen LogP contribution in [0.15, 0.2) is 54.9 Å². The fourth-order valence-corrected chi connectivity index (χ4v) is 4.59. The molecule has 0 saturated heterocycles. The second-order valence-corrected chi connectivity index (χ2v) is 8.13. The summed E-state index contributed by atoms with van der Waals surface area (Å²) in [5, 5.41) is 11.5. The van der Waals surface area contributed by atoms with Gasteiger partial charge in [-0.25, -0.2) is 4.39 Å². The smallest absolute Gasteiger partial charge is 0.309 e. The third kappa shape index (κ3) is 3.11. The van der Waals surface area contributed by atoms with E-state index in [0.717, 1.165) is 44.2 Å². The maximum atomic E-state index is 14.5. The lowest BCUT2D eigenvalue weighted by molar-refractivity contribution is -0.136. The van der Waals surface area contributed by atoms with Crippen molar-refractivity contribution in [3.8, 4) is 22.4 Å². The summed E-state index contributed by atoms with van der Waals surface area (Å²) in [4.78, 5) is 21.4. The maximum absolute atomic E-state index is 14.5. The molecular formula is C25H22FN3O2. The minimum atomic E-state index is -0.920. The minimum Gasteiger partial charge on any atom is -0.481 e. The van der Waals surface area contributed by atoms with Crippen molar-refractivity contribution in [2.75, 3.05) is 0 Å². The first-order valence-corrected chi connectivity index (χ1v) is 10.2. The van der Waals surface area contributed by atoms with Crippen molar-refractivity contribution in [2.45, 2.75) is 26.2 Å². The Bertz CT molecular complexity index is 1440. The summed E-state index contributed by atoms with van der Waals surface area (Å²) < 4.78 is 14.5. The van der Waals surface area contributed by atoms with Gasteiger partial charge in [0.05, 0.1) is 12.1 Å². The van der Waals surface area contributed by atoms with Crippen molar-refractivity contribution in [2.24, 2.45) is 0 Å². The highest BCUT2D eigenvalue weighted by molar-refractivity contribution is 6.01. The quantitative estimate of drug-likeness (QED) is 0.275. The van der Waals surface area contributed by atoms with Gasteiger partial charge in [0.25, 0.3) is 0 Å². The standard InChI is InChI=1S/C25H22FN3O2/c1-13(2)23-24(17-4-3-5-19-15(17)6-8-27-19)21(12-22(30)31)29-25(23)18-10-14(26)11-20-16(18)7-9-28-20/h3-11,13,27-29H,12H2,1-2H3,(H,30,31). The van der Waals surface area contributed by atoms with Crippen molar-refractivity contribution in [1.82, 2.24) is 15.0 Å². The van der Waals surface area contributed by atoms with Crippen LogP contribution in [0.25, 0.3) is 44.2 Å². The van der Waals surface area contributed by atoms with E-state index in [2.05, 4.69) is 28.8 Å². The number of hydrogen-bond acceptors (Lipinski definition) is 1. The van der Waals surface area contributed by atoms with Crippen LogP contribution >= 0.6 is 0 Å². The Morgan fingerprint density at radius 2 is 1.71 bits per heavy atom. The first-order valence-electron chi connectivity index (χ1n) is 10.2. The number of H-pyrrole nitrogens is 3. The van der Waals surface area contributed by atoms with E-state index in [1.165, 1.54) is 12.1 Å². The predicted octanol–water partition coefficient (Wildman–Crippen LogP) is 6.20. The van der Waals surface area contributed by atoms with E-state index in [1.807, 2.05) is 36.5 Å². The number of aromatic amines is 3. The summed E-state index contributed by atoms with van der Waals surface area (Å²) in [5.74, 6) is -1.18. The Hall–Kier alpha value is -3.80. The van der Waals surface area contributed by atoms with Crippen LogP contribution in [0.2, 0.25) is 0 Å². The van der Waals surface area contributed by atoms with Crippen LogP contribution in [-0.2, 0) is 11.2 Å². The number of carboxylic acid groups (broad SMARTS) is 1. The number of nitrogens with one attached hydrogen (secondary N) is 3. The highest BCUT2D eigenvalue weighted by Gasteiger charge is 2.25. The fraction of sp³-hybridized carbons (Fsp3) is 0.160. The van der Waals surface area contributed by atoms with E-state index in [-0.39, 0.29) is 18.2 Å². The molecule has 0 radical (unpaired) electrons. The molecule has 0 fully saturated rings. The Morgan fingerprint density at radius 1 is 1.00 bits per heavy atom. The Labute approximate surface area is 177 Å². The molecule has 0 aliphatic carbocycles. The molecule has 6 heteroatoms. The number of hydrogen-bond donors (Lipinski definition) is 4. The summed E-state index contributed by atoms with van der Waals surface area (Å²) in [6, 6.07) is 12.9. The normalized spacial score (nSPS) is 11.7. The third-order valence-corrected chi connectivity index (χ3v) is 5.79. The number of fused-ring (bicyclic) bond motifs is 2. The molecular weight excluding hydrogens is 393 g/mol. The Balaban J connectivity index is 1.88. The zero-order valence-corrected chi connectivity index (χ0v) is 17.2. The average Bonchev–Trinajstić information content (AvgIpc) is 3.44. The number of aliphatic carboxylic acids is 1. The molecule has 0 spiro atoms.